The number of hydrogen-bond acceptors (Lipinski definition) is 4. The Morgan fingerprint density at radius 3 is 2.38 bits per heavy atom. The third-order valence-electron chi connectivity index (χ3n) is 5.72. The van der Waals surface area contributed by atoms with Crippen LogP contribution in [-0.2, 0) is 6.54 Å². The van der Waals surface area contributed by atoms with Gasteiger partial charge in [0.15, 0.2) is 5.96 Å². The molecule has 1 fully saturated rings. The highest BCUT2D eigenvalue weighted by molar-refractivity contribution is 14.0. The van der Waals surface area contributed by atoms with Crippen molar-refractivity contribution in [3.8, 4) is 5.69 Å². The minimum Gasteiger partial charge on any atom is -0.357 e. The van der Waals surface area contributed by atoms with E-state index in [-0.39, 0.29) is 24.0 Å². The molecule has 1 N–H and O–H groups in total. The zero-order valence-corrected chi connectivity index (χ0v) is 21.4. The number of aromatic nitrogens is 3. The smallest absolute Gasteiger partial charge is 0.194 e. The van der Waals surface area contributed by atoms with Gasteiger partial charge in [-0.25, -0.2) is 14.7 Å². The number of para-hydroxylation sites is 1. The van der Waals surface area contributed by atoms with Gasteiger partial charge in [0.05, 0.1) is 17.9 Å². The van der Waals surface area contributed by atoms with E-state index in [2.05, 4.69) is 59.1 Å². The number of halogens is 1. The lowest BCUT2D eigenvalue weighted by Crippen LogP contribution is -2.52. The number of benzene rings is 1. The van der Waals surface area contributed by atoms with Gasteiger partial charge in [0.1, 0.15) is 5.82 Å². The predicted molar refractivity (Wildman–Crippen MR) is 141 cm³/mol. The van der Waals surface area contributed by atoms with E-state index in [4.69, 9.17) is 10.1 Å². The van der Waals surface area contributed by atoms with Crippen molar-refractivity contribution in [2.24, 2.45) is 4.99 Å². The summed E-state index contributed by atoms with van der Waals surface area (Å²) in [5, 5.41) is 8.23. The molecule has 7 nitrogen and oxygen atoms in total. The van der Waals surface area contributed by atoms with Crippen LogP contribution in [0.15, 0.2) is 59.7 Å². The Kier molecular flexibility index (Phi) is 8.49. The predicted octanol–water partition coefficient (Wildman–Crippen LogP) is 3.79. The molecule has 2 aromatic heterocycles. The lowest BCUT2D eigenvalue weighted by Gasteiger charge is -2.37. The number of aryl methyl sites for hydroxylation is 1. The van der Waals surface area contributed by atoms with Crippen LogP contribution in [-0.4, -0.2) is 58.3 Å². The van der Waals surface area contributed by atoms with Gasteiger partial charge in [-0.2, -0.15) is 5.10 Å². The van der Waals surface area contributed by atoms with Gasteiger partial charge in [-0.05, 0) is 45.0 Å². The van der Waals surface area contributed by atoms with Crippen molar-refractivity contribution in [2.45, 2.75) is 27.3 Å². The highest BCUT2D eigenvalue weighted by atomic mass is 127. The molecule has 1 saturated heterocycles. The van der Waals surface area contributed by atoms with Crippen LogP contribution in [0.3, 0.4) is 0 Å². The van der Waals surface area contributed by atoms with E-state index in [1.54, 1.807) is 0 Å². The fourth-order valence-corrected chi connectivity index (χ4v) is 3.99. The highest BCUT2D eigenvalue weighted by Crippen LogP contribution is 2.19. The van der Waals surface area contributed by atoms with E-state index in [1.807, 2.05) is 41.2 Å². The number of anilines is 1. The molecule has 3 aromatic rings. The number of rotatable bonds is 5. The average molecular weight is 545 g/mol. The molecule has 0 atom stereocenters. The molecule has 32 heavy (non-hydrogen) atoms. The molecule has 0 radical (unpaired) electrons. The Labute approximate surface area is 207 Å². The lowest BCUT2D eigenvalue weighted by atomic mass is 10.2. The summed E-state index contributed by atoms with van der Waals surface area (Å²) in [5.74, 6) is 2.01. The van der Waals surface area contributed by atoms with Gasteiger partial charge in [0.2, 0.25) is 0 Å². The summed E-state index contributed by atoms with van der Waals surface area (Å²) in [7, 11) is 0. The van der Waals surface area contributed by atoms with Gasteiger partial charge in [-0.15, -0.1) is 24.0 Å². The third kappa shape index (κ3) is 5.40. The summed E-state index contributed by atoms with van der Waals surface area (Å²) in [5.41, 5.74) is 4.44. The second-order valence-electron chi connectivity index (χ2n) is 7.73. The SMILES string of the molecule is CCNC(=NCc1c(C)nn(-c2ccccc2)c1C)N1CCN(c2ccccn2)CC1.I. The van der Waals surface area contributed by atoms with Gasteiger partial charge >= 0.3 is 0 Å². The molecular formula is C24H32IN7. The first-order valence-corrected chi connectivity index (χ1v) is 11.0. The van der Waals surface area contributed by atoms with Gasteiger partial charge in [0.25, 0.3) is 0 Å². The van der Waals surface area contributed by atoms with Crippen LogP contribution in [0.2, 0.25) is 0 Å². The number of guanidine groups is 1. The molecule has 0 spiro atoms. The number of hydrogen-bond donors (Lipinski definition) is 1. The van der Waals surface area contributed by atoms with Crippen LogP contribution in [0.1, 0.15) is 23.9 Å². The number of aliphatic imine (C=N–C) groups is 1. The maximum absolute atomic E-state index is 4.98. The normalized spacial score (nSPS) is 14.3. The van der Waals surface area contributed by atoms with Gasteiger partial charge in [-0.1, -0.05) is 24.3 Å². The Hall–Kier alpha value is -2.62. The summed E-state index contributed by atoms with van der Waals surface area (Å²) in [6.07, 6.45) is 1.85. The topological polar surface area (TPSA) is 61.6 Å². The van der Waals surface area contributed by atoms with E-state index in [1.165, 1.54) is 5.56 Å². The largest absolute Gasteiger partial charge is 0.357 e. The molecule has 0 unspecified atom stereocenters. The number of piperazine rings is 1. The van der Waals surface area contributed by atoms with Crippen LogP contribution >= 0.6 is 24.0 Å². The molecule has 8 heteroatoms. The summed E-state index contributed by atoms with van der Waals surface area (Å²) in [6, 6.07) is 16.3. The van der Waals surface area contributed by atoms with Crippen molar-refractivity contribution in [1.82, 2.24) is 25.0 Å². The monoisotopic (exact) mass is 545 g/mol. The zero-order chi connectivity index (χ0) is 21.6. The van der Waals surface area contributed by atoms with Crippen molar-refractivity contribution in [3.63, 3.8) is 0 Å². The van der Waals surface area contributed by atoms with E-state index in [0.717, 1.165) is 61.6 Å². The maximum atomic E-state index is 4.98. The second-order valence-corrected chi connectivity index (χ2v) is 7.73. The second kappa shape index (κ2) is 11.3. The minimum absolute atomic E-state index is 0. The standard InChI is InChI=1S/C24H31N7.HI/c1-4-25-24(30-16-14-29(15-17-30)23-12-8-9-13-26-23)27-18-22-19(2)28-31(20(22)3)21-10-6-5-7-11-21;/h5-13H,4,14-18H2,1-3H3,(H,25,27);1H. The van der Waals surface area contributed by atoms with Crippen molar-refractivity contribution in [1.29, 1.82) is 0 Å². The molecule has 170 valence electrons. The van der Waals surface area contributed by atoms with Crippen molar-refractivity contribution < 1.29 is 0 Å². The first-order valence-electron chi connectivity index (χ1n) is 11.0. The van der Waals surface area contributed by atoms with E-state index < -0.39 is 0 Å². The molecule has 0 bridgehead atoms. The van der Waals surface area contributed by atoms with E-state index in [0.29, 0.717) is 6.54 Å². The van der Waals surface area contributed by atoms with Crippen LogP contribution in [0.25, 0.3) is 5.69 Å². The Morgan fingerprint density at radius 1 is 1.00 bits per heavy atom. The molecule has 0 amide bonds. The molecule has 4 rings (SSSR count). The fourth-order valence-electron chi connectivity index (χ4n) is 3.99. The quantitative estimate of drug-likeness (QED) is 0.301. The number of nitrogens with zero attached hydrogens (tertiary/aromatic N) is 6. The highest BCUT2D eigenvalue weighted by Gasteiger charge is 2.21. The zero-order valence-electron chi connectivity index (χ0n) is 19.0. The van der Waals surface area contributed by atoms with E-state index >= 15 is 0 Å². The number of pyridine rings is 1. The molecule has 1 aliphatic heterocycles. The molecule has 3 heterocycles. The van der Waals surface area contributed by atoms with Gasteiger partial charge < -0.3 is 15.1 Å². The van der Waals surface area contributed by atoms with Crippen LogP contribution in [0.5, 0.6) is 0 Å². The number of nitrogens with one attached hydrogen (secondary N) is 1. The first kappa shape index (κ1) is 24.0. The summed E-state index contributed by atoms with van der Waals surface area (Å²) < 4.78 is 2.01. The average Bonchev–Trinajstić information content (AvgIpc) is 3.11. The lowest BCUT2D eigenvalue weighted by molar-refractivity contribution is 0.371. The third-order valence-corrected chi connectivity index (χ3v) is 5.72. The van der Waals surface area contributed by atoms with Gasteiger partial charge in [0, 0.05) is 50.2 Å². The first-order chi connectivity index (χ1) is 15.2. The summed E-state index contributed by atoms with van der Waals surface area (Å²) in [6.45, 7) is 11.5. The Balaban J connectivity index is 0.00000289. The van der Waals surface area contributed by atoms with Crippen LogP contribution in [0.4, 0.5) is 5.82 Å². The molecule has 1 aliphatic rings. The molecular weight excluding hydrogens is 513 g/mol. The Morgan fingerprint density at radius 2 is 1.72 bits per heavy atom. The molecule has 0 saturated carbocycles. The fraction of sp³-hybridized carbons (Fsp3) is 0.375. The Bertz CT molecular complexity index is 1010. The van der Waals surface area contributed by atoms with E-state index in [9.17, 15) is 0 Å². The minimum atomic E-state index is 0. The van der Waals surface area contributed by atoms with Crippen molar-refractivity contribution in [3.05, 3.63) is 71.7 Å². The van der Waals surface area contributed by atoms with Crippen molar-refractivity contribution >= 4 is 35.8 Å². The molecule has 1 aromatic carbocycles. The van der Waals surface area contributed by atoms with Gasteiger partial charge in [-0.3, -0.25) is 0 Å². The summed E-state index contributed by atoms with van der Waals surface area (Å²) >= 11 is 0. The maximum Gasteiger partial charge on any atom is 0.194 e. The van der Waals surface area contributed by atoms with Crippen molar-refractivity contribution in [2.75, 3.05) is 37.6 Å². The van der Waals surface area contributed by atoms with Crippen LogP contribution in [0, 0.1) is 13.8 Å². The van der Waals surface area contributed by atoms with Crippen LogP contribution < -0.4 is 10.2 Å². The summed E-state index contributed by atoms with van der Waals surface area (Å²) in [4.78, 5) is 14.1. The molecule has 0 aliphatic carbocycles.